The Morgan fingerprint density at radius 1 is 1.25 bits per heavy atom. The molecule has 0 amide bonds. The van der Waals surface area contributed by atoms with E-state index in [1.807, 2.05) is 11.7 Å². The van der Waals surface area contributed by atoms with Crippen LogP contribution in [-0.2, 0) is 19.6 Å². The fourth-order valence-corrected chi connectivity index (χ4v) is 2.60. The van der Waals surface area contributed by atoms with Crippen molar-refractivity contribution in [3.8, 4) is 0 Å². The summed E-state index contributed by atoms with van der Waals surface area (Å²) in [5, 5.41) is 8.74. The molecule has 2 aromatic heterocycles. The van der Waals surface area contributed by atoms with Gasteiger partial charge in [-0.15, -0.1) is 0 Å². The molecule has 0 aliphatic heterocycles. The van der Waals surface area contributed by atoms with E-state index in [2.05, 4.69) is 57.2 Å². The second kappa shape index (κ2) is 5.46. The van der Waals surface area contributed by atoms with Gasteiger partial charge >= 0.3 is 0 Å². The quantitative estimate of drug-likeness (QED) is 0.771. The molecule has 20 heavy (non-hydrogen) atoms. The Balaban J connectivity index is 2.06. The first-order chi connectivity index (χ1) is 9.83. The molecule has 5 nitrogen and oxygen atoms in total. The molecule has 0 saturated carbocycles. The Hall–Kier alpha value is -2.14. The van der Waals surface area contributed by atoms with Gasteiger partial charge in [-0.2, -0.15) is 5.10 Å². The number of hydrogen-bond acceptors (Lipinski definition) is 3. The van der Waals surface area contributed by atoms with Crippen molar-refractivity contribution in [3.63, 3.8) is 0 Å². The summed E-state index contributed by atoms with van der Waals surface area (Å²) in [6.45, 7) is 4.52. The summed E-state index contributed by atoms with van der Waals surface area (Å²) < 4.78 is 4.25. The summed E-state index contributed by atoms with van der Waals surface area (Å²) in [6, 6.07) is 10.7. The molecular weight excluding hydrogens is 250 g/mol. The molecule has 0 bridgehead atoms. The number of para-hydroxylation sites is 1. The maximum atomic E-state index is 4.38. The molecule has 1 aromatic carbocycles. The highest BCUT2D eigenvalue weighted by Crippen LogP contribution is 2.20. The monoisotopic (exact) mass is 269 g/mol. The van der Waals surface area contributed by atoms with E-state index in [4.69, 9.17) is 0 Å². The lowest BCUT2D eigenvalue weighted by atomic mass is 10.2. The van der Waals surface area contributed by atoms with Crippen LogP contribution < -0.4 is 5.32 Å². The topological polar surface area (TPSA) is 47.7 Å². The summed E-state index contributed by atoms with van der Waals surface area (Å²) in [7, 11) is 1.97. The number of nitrogens with one attached hydrogen (secondary N) is 1. The van der Waals surface area contributed by atoms with Gasteiger partial charge in [0.2, 0.25) is 0 Å². The number of aryl methyl sites for hydroxylation is 1. The number of rotatable bonds is 5. The van der Waals surface area contributed by atoms with Gasteiger partial charge < -0.3 is 9.88 Å². The molecule has 0 radical (unpaired) electrons. The van der Waals surface area contributed by atoms with Gasteiger partial charge in [-0.25, -0.2) is 9.67 Å². The van der Waals surface area contributed by atoms with E-state index < -0.39 is 0 Å². The average Bonchev–Trinajstić information content (AvgIpc) is 3.05. The van der Waals surface area contributed by atoms with E-state index in [1.54, 1.807) is 6.33 Å². The zero-order valence-corrected chi connectivity index (χ0v) is 11.9. The highest BCUT2D eigenvalue weighted by atomic mass is 15.3. The predicted octanol–water partition coefficient (Wildman–Crippen LogP) is 2.02. The maximum absolute atomic E-state index is 4.38. The van der Waals surface area contributed by atoms with Gasteiger partial charge in [-0.1, -0.05) is 18.2 Å². The fraction of sp³-hybridized carbons (Fsp3) is 0.333. The standard InChI is InChI=1S/C15H19N5/c1-3-20-15(17-11-18-20)10-19-13(9-16-2)8-12-6-4-5-7-14(12)19/h4-8,11,16H,3,9-10H2,1-2H3. The lowest BCUT2D eigenvalue weighted by Crippen LogP contribution is -2.14. The molecule has 0 spiro atoms. The van der Waals surface area contributed by atoms with Crippen molar-refractivity contribution in [3.05, 3.63) is 48.2 Å². The van der Waals surface area contributed by atoms with Gasteiger partial charge in [0.05, 0.1) is 6.54 Å². The molecule has 3 aromatic rings. The van der Waals surface area contributed by atoms with Crippen molar-refractivity contribution >= 4 is 10.9 Å². The van der Waals surface area contributed by atoms with Crippen LogP contribution in [0.2, 0.25) is 0 Å². The molecule has 2 heterocycles. The third-order valence-corrected chi connectivity index (χ3v) is 3.55. The lowest BCUT2D eigenvalue weighted by Gasteiger charge is -2.10. The molecule has 5 heteroatoms. The number of nitrogens with zero attached hydrogens (tertiary/aromatic N) is 4. The molecular formula is C15H19N5. The molecule has 1 N–H and O–H groups in total. The smallest absolute Gasteiger partial charge is 0.146 e. The summed E-state index contributed by atoms with van der Waals surface area (Å²) in [5.41, 5.74) is 2.50. The normalized spacial score (nSPS) is 11.3. The Kier molecular flexibility index (Phi) is 3.52. The summed E-state index contributed by atoms with van der Waals surface area (Å²) in [4.78, 5) is 4.38. The third kappa shape index (κ3) is 2.20. The molecule has 0 unspecified atom stereocenters. The van der Waals surface area contributed by atoms with Crippen LogP contribution in [0.3, 0.4) is 0 Å². The Morgan fingerprint density at radius 2 is 2.10 bits per heavy atom. The summed E-state index contributed by atoms with van der Waals surface area (Å²) >= 11 is 0. The van der Waals surface area contributed by atoms with Crippen molar-refractivity contribution in [2.45, 2.75) is 26.6 Å². The SMILES string of the molecule is CCn1ncnc1Cn1c(CNC)cc2ccccc21. The second-order valence-corrected chi connectivity index (χ2v) is 4.80. The third-order valence-electron chi connectivity index (χ3n) is 3.55. The molecule has 104 valence electrons. The Bertz CT molecular complexity index is 710. The summed E-state index contributed by atoms with van der Waals surface area (Å²) in [5.74, 6) is 0.992. The first-order valence-corrected chi connectivity index (χ1v) is 6.92. The van der Waals surface area contributed by atoms with Gasteiger partial charge in [0.1, 0.15) is 12.2 Å². The van der Waals surface area contributed by atoms with Gasteiger partial charge in [0.25, 0.3) is 0 Å². The number of aromatic nitrogens is 4. The van der Waals surface area contributed by atoms with Gasteiger partial charge in [-0.05, 0) is 31.5 Å². The van der Waals surface area contributed by atoms with Crippen LogP contribution in [0.15, 0.2) is 36.7 Å². The number of hydrogen-bond donors (Lipinski definition) is 1. The molecule has 0 saturated heterocycles. The van der Waals surface area contributed by atoms with Crippen LogP contribution in [0, 0.1) is 0 Å². The van der Waals surface area contributed by atoms with E-state index in [0.717, 1.165) is 25.5 Å². The van der Waals surface area contributed by atoms with Crippen molar-refractivity contribution < 1.29 is 0 Å². The average molecular weight is 269 g/mol. The van der Waals surface area contributed by atoms with E-state index in [9.17, 15) is 0 Å². The zero-order valence-electron chi connectivity index (χ0n) is 11.9. The van der Waals surface area contributed by atoms with Gasteiger partial charge in [0.15, 0.2) is 0 Å². The lowest BCUT2D eigenvalue weighted by molar-refractivity contribution is 0.586. The van der Waals surface area contributed by atoms with E-state index in [1.165, 1.54) is 16.6 Å². The highest BCUT2D eigenvalue weighted by Gasteiger charge is 2.11. The number of fused-ring (bicyclic) bond motifs is 1. The van der Waals surface area contributed by atoms with E-state index in [0.29, 0.717) is 0 Å². The minimum absolute atomic E-state index is 0.748. The van der Waals surface area contributed by atoms with Crippen LogP contribution in [0.4, 0.5) is 0 Å². The first-order valence-electron chi connectivity index (χ1n) is 6.92. The Labute approximate surface area is 118 Å². The predicted molar refractivity (Wildman–Crippen MR) is 79.5 cm³/mol. The molecule has 0 atom stereocenters. The minimum Gasteiger partial charge on any atom is -0.336 e. The van der Waals surface area contributed by atoms with Gasteiger partial charge in [-0.3, -0.25) is 0 Å². The van der Waals surface area contributed by atoms with Crippen LogP contribution in [0.5, 0.6) is 0 Å². The molecule has 3 rings (SSSR count). The van der Waals surface area contributed by atoms with Crippen molar-refractivity contribution in [2.75, 3.05) is 7.05 Å². The highest BCUT2D eigenvalue weighted by molar-refractivity contribution is 5.81. The Morgan fingerprint density at radius 3 is 2.90 bits per heavy atom. The van der Waals surface area contributed by atoms with E-state index in [-0.39, 0.29) is 0 Å². The molecule has 0 fully saturated rings. The van der Waals surface area contributed by atoms with Crippen LogP contribution >= 0.6 is 0 Å². The minimum atomic E-state index is 0.748. The second-order valence-electron chi connectivity index (χ2n) is 4.80. The van der Waals surface area contributed by atoms with Crippen molar-refractivity contribution in [1.29, 1.82) is 0 Å². The molecule has 0 aliphatic rings. The maximum Gasteiger partial charge on any atom is 0.146 e. The summed E-state index contributed by atoms with van der Waals surface area (Å²) in [6.07, 6.45) is 1.63. The van der Waals surface area contributed by atoms with Crippen LogP contribution in [0.25, 0.3) is 10.9 Å². The number of benzene rings is 1. The molecule has 0 aliphatic carbocycles. The van der Waals surface area contributed by atoms with E-state index >= 15 is 0 Å². The van der Waals surface area contributed by atoms with Crippen LogP contribution in [-0.4, -0.2) is 26.4 Å². The van der Waals surface area contributed by atoms with Gasteiger partial charge in [0, 0.05) is 24.3 Å². The van der Waals surface area contributed by atoms with Crippen molar-refractivity contribution in [1.82, 2.24) is 24.6 Å². The zero-order chi connectivity index (χ0) is 13.9. The first kappa shape index (κ1) is 12.9. The largest absolute Gasteiger partial charge is 0.336 e. The fourth-order valence-electron chi connectivity index (χ4n) is 2.60. The van der Waals surface area contributed by atoms with Crippen LogP contribution in [0.1, 0.15) is 18.4 Å². The van der Waals surface area contributed by atoms with Crippen molar-refractivity contribution in [2.24, 2.45) is 0 Å².